The van der Waals surface area contributed by atoms with Crippen molar-refractivity contribution in [3.63, 3.8) is 0 Å². The Bertz CT molecular complexity index is 447. The van der Waals surface area contributed by atoms with Gasteiger partial charge in [-0.25, -0.2) is 8.42 Å². The van der Waals surface area contributed by atoms with Gasteiger partial charge in [0.1, 0.15) is 0 Å². The van der Waals surface area contributed by atoms with Gasteiger partial charge in [0.25, 0.3) is 0 Å². The Morgan fingerprint density at radius 2 is 2.00 bits per heavy atom. The van der Waals surface area contributed by atoms with Crippen molar-refractivity contribution in [3.05, 3.63) is 29.8 Å². The SMILES string of the molecule is CS(=O)(=O)c1ccc([C@@H]2COCCN2)cc1. The molecule has 1 heterocycles. The quantitative estimate of drug-likeness (QED) is 0.830. The number of benzene rings is 1. The second-order valence-electron chi connectivity index (χ2n) is 3.92. The first-order valence-corrected chi connectivity index (χ1v) is 7.07. The van der Waals surface area contributed by atoms with E-state index in [2.05, 4.69) is 5.32 Å². The molecule has 0 bridgehead atoms. The molecule has 0 aromatic heterocycles. The van der Waals surface area contributed by atoms with Gasteiger partial charge < -0.3 is 10.1 Å². The van der Waals surface area contributed by atoms with Crippen molar-refractivity contribution in [1.82, 2.24) is 5.32 Å². The van der Waals surface area contributed by atoms with Crippen molar-refractivity contribution in [2.45, 2.75) is 10.9 Å². The average molecular weight is 241 g/mol. The summed E-state index contributed by atoms with van der Waals surface area (Å²) in [5, 5.41) is 3.32. The molecule has 0 amide bonds. The standard InChI is InChI=1S/C11H15NO3S/c1-16(13,14)10-4-2-9(3-5-10)11-8-15-7-6-12-11/h2-5,11-12H,6-8H2,1H3/t11-/m0/s1. The van der Waals surface area contributed by atoms with Gasteiger partial charge in [-0.2, -0.15) is 0 Å². The molecule has 0 spiro atoms. The summed E-state index contributed by atoms with van der Waals surface area (Å²) in [5.74, 6) is 0. The van der Waals surface area contributed by atoms with Crippen LogP contribution in [0.1, 0.15) is 11.6 Å². The minimum atomic E-state index is -3.10. The molecule has 0 aliphatic carbocycles. The van der Waals surface area contributed by atoms with Crippen LogP contribution in [0.5, 0.6) is 0 Å². The van der Waals surface area contributed by atoms with Crippen molar-refractivity contribution in [2.75, 3.05) is 26.0 Å². The lowest BCUT2D eigenvalue weighted by molar-refractivity contribution is 0.0769. The molecule has 2 rings (SSSR count). The molecule has 0 unspecified atom stereocenters. The number of morpholine rings is 1. The highest BCUT2D eigenvalue weighted by molar-refractivity contribution is 7.90. The van der Waals surface area contributed by atoms with E-state index in [4.69, 9.17) is 4.74 Å². The lowest BCUT2D eigenvalue weighted by Crippen LogP contribution is -2.34. The molecule has 1 saturated heterocycles. The molecule has 0 saturated carbocycles. The van der Waals surface area contributed by atoms with E-state index in [0.717, 1.165) is 18.7 Å². The number of rotatable bonds is 2. The topological polar surface area (TPSA) is 55.4 Å². The van der Waals surface area contributed by atoms with Crippen LogP contribution in [0.2, 0.25) is 0 Å². The maximum Gasteiger partial charge on any atom is 0.175 e. The first-order chi connectivity index (χ1) is 7.57. The van der Waals surface area contributed by atoms with Crippen molar-refractivity contribution >= 4 is 9.84 Å². The molecule has 1 aromatic carbocycles. The van der Waals surface area contributed by atoms with Crippen LogP contribution in [0.4, 0.5) is 0 Å². The molecule has 88 valence electrons. The summed E-state index contributed by atoms with van der Waals surface area (Å²) in [7, 11) is -3.10. The van der Waals surface area contributed by atoms with Crippen molar-refractivity contribution in [3.8, 4) is 0 Å². The molecule has 1 aliphatic rings. The number of hydrogen-bond acceptors (Lipinski definition) is 4. The molecular weight excluding hydrogens is 226 g/mol. The zero-order chi connectivity index (χ0) is 11.6. The van der Waals surface area contributed by atoms with E-state index in [1.54, 1.807) is 12.1 Å². The zero-order valence-corrected chi connectivity index (χ0v) is 9.96. The highest BCUT2D eigenvalue weighted by Gasteiger charge is 2.15. The van der Waals surface area contributed by atoms with E-state index < -0.39 is 9.84 Å². The first kappa shape index (κ1) is 11.6. The molecule has 1 atom stereocenters. The smallest absolute Gasteiger partial charge is 0.175 e. The molecule has 1 aromatic rings. The lowest BCUT2D eigenvalue weighted by Gasteiger charge is -2.24. The molecule has 4 nitrogen and oxygen atoms in total. The largest absolute Gasteiger partial charge is 0.378 e. The van der Waals surface area contributed by atoms with Crippen LogP contribution in [0.3, 0.4) is 0 Å². The summed E-state index contributed by atoms with van der Waals surface area (Å²) in [6, 6.07) is 7.12. The molecule has 0 radical (unpaired) electrons. The van der Waals surface area contributed by atoms with Crippen LogP contribution in [0.15, 0.2) is 29.2 Å². The molecule has 5 heteroatoms. The monoisotopic (exact) mass is 241 g/mol. The van der Waals surface area contributed by atoms with Crippen molar-refractivity contribution in [2.24, 2.45) is 0 Å². The Hall–Kier alpha value is -0.910. The number of sulfone groups is 1. The minimum absolute atomic E-state index is 0.169. The van der Waals surface area contributed by atoms with Crippen LogP contribution < -0.4 is 5.32 Å². The summed E-state index contributed by atoms with van der Waals surface area (Å²) >= 11 is 0. The third kappa shape index (κ3) is 2.61. The van der Waals surface area contributed by atoms with Crippen LogP contribution in [-0.4, -0.2) is 34.4 Å². The summed E-state index contributed by atoms with van der Waals surface area (Å²) < 4.78 is 27.9. The van der Waals surface area contributed by atoms with Gasteiger partial charge in [0, 0.05) is 12.8 Å². The van der Waals surface area contributed by atoms with Gasteiger partial charge in [-0.1, -0.05) is 12.1 Å². The molecule has 1 aliphatic heterocycles. The first-order valence-electron chi connectivity index (χ1n) is 5.18. The second kappa shape index (κ2) is 4.53. The van der Waals surface area contributed by atoms with E-state index in [1.807, 2.05) is 12.1 Å². The van der Waals surface area contributed by atoms with Gasteiger partial charge in [-0.15, -0.1) is 0 Å². The third-order valence-corrected chi connectivity index (χ3v) is 3.76. The fourth-order valence-electron chi connectivity index (χ4n) is 1.73. The Balaban J connectivity index is 2.18. The van der Waals surface area contributed by atoms with Crippen molar-refractivity contribution in [1.29, 1.82) is 0 Å². The second-order valence-corrected chi connectivity index (χ2v) is 5.94. The predicted molar refractivity (Wildman–Crippen MR) is 61.1 cm³/mol. The van der Waals surface area contributed by atoms with E-state index in [-0.39, 0.29) is 6.04 Å². The van der Waals surface area contributed by atoms with Crippen molar-refractivity contribution < 1.29 is 13.2 Å². The normalized spacial score (nSPS) is 21.9. The number of nitrogens with one attached hydrogen (secondary N) is 1. The maximum atomic E-state index is 11.3. The molecule has 1 N–H and O–H groups in total. The highest BCUT2D eigenvalue weighted by Crippen LogP contribution is 2.18. The Morgan fingerprint density at radius 1 is 1.31 bits per heavy atom. The molecule has 1 fully saturated rings. The molecular formula is C11H15NO3S. The van der Waals surface area contributed by atoms with Crippen LogP contribution in [-0.2, 0) is 14.6 Å². The summed E-state index contributed by atoms with van der Waals surface area (Å²) in [6.07, 6.45) is 1.21. The Morgan fingerprint density at radius 3 is 2.50 bits per heavy atom. The maximum absolute atomic E-state index is 11.3. The summed E-state index contributed by atoms with van der Waals surface area (Å²) in [6.45, 7) is 2.20. The van der Waals surface area contributed by atoms with Gasteiger partial charge in [0.15, 0.2) is 9.84 Å². The number of hydrogen-bond donors (Lipinski definition) is 1. The highest BCUT2D eigenvalue weighted by atomic mass is 32.2. The fraction of sp³-hybridized carbons (Fsp3) is 0.455. The van der Waals surface area contributed by atoms with Crippen LogP contribution in [0.25, 0.3) is 0 Å². The fourth-order valence-corrected chi connectivity index (χ4v) is 2.36. The van der Waals surface area contributed by atoms with Crippen LogP contribution in [0, 0.1) is 0 Å². The minimum Gasteiger partial charge on any atom is -0.378 e. The number of ether oxygens (including phenoxy) is 1. The van der Waals surface area contributed by atoms with Gasteiger partial charge in [0.2, 0.25) is 0 Å². The lowest BCUT2D eigenvalue weighted by atomic mass is 10.1. The molecule has 16 heavy (non-hydrogen) atoms. The van der Waals surface area contributed by atoms with E-state index >= 15 is 0 Å². The predicted octanol–water partition coefficient (Wildman–Crippen LogP) is 0.751. The van der Waals surface area contributed by atoms with Crippen LogP contribution >= 0.6 is 0 Å². The Kier molecular flexibility index (Phi) is 3.28. The van der Waals surface area contributed by atoms with Gasteiger partial charge in [-0.3, -0.25) is 0 Å². The van der Waals surface area contributed by atoms with E-state index in [9.17, 15) is 8.42 Å². The zero-order valence-electron chi connectivity index (χ0n) is 9.14. The average Bonchev–Trinajstić information content (AvgIpc) is 2.29. The summed E-state index contributed by atoms with van der Waals surface area (Å²) in [5.41, 5.74) is 1.06. The van der Waals surface area contributed by atoms with E-state index in [1.165, 1.54) is 6.26 Å². The van der Waals surface area contributed by atoms with Gasteiger partial charge in [-0.05, 0) is 17.7 Å². The third-order valence-electron chi connectivity index (χ3n) is 2.63. The van der Waals surface area contributed by atoms with Gasteiger partial charge >= 0.3 is 0 Å². The van der Waals surface area contributed by atoms with E-state index in [0.29, 0.717) is 11.5 Å². The summed E-state index contributed by atoms with van der Waals surface area (Å²) in [4.78, 5) is 0.355. The van der Waals surface area contributed by atoms with Gasteiger partial charge in [0.05, 0.1) is 24.2 Å². The Labute approximate surface area is 95.5 Å².